The van der Waals surface area contributed by atoms with Gasteiger partial charge in [-0.05, 0) is 43.2 Å². The molecule has 0 bridgehead atoms. The molecule has 0 radical (unpaired) electrons. The van der Waals surface area contributed by atoms with Gasteiger partial charge in [-0.3, -0.25) is 0 Å². The molecule has 116 valence electrons. The van der Waals surface area contributed by atoms with Crippen molar-refractivity contribution in [3.63, 3.8) is 0 Å². The van der Waals surface area contributed by atoms with Gasteiger partial charge in [0.25, 0.3) is 0 Å². The van der Waals surface area contributed by atoms with E-state index in [-0.39, 0.29) is 11.8 Å². The summed E-state index contributed by atoms with van der Waals surface area (Å²) in [6.45, 7) is 1.15. The van der Waals surface area contributed by atoms with Crippen LogP contribution in [0.2, 0.25) is 0 Å². The second kappa shape index (κ2) is 6.62. The molecular formula is C16H17FN2O3. The maximum Gasteiger partial charge on any atom is 0.319 e. The summed E-state index contributed by atoms with van der Waals surface area (Å²) >= 11 is 0. The van der Waals surface area contributed by atoms with Gasteiger partial charge >= 0.3 is 6.03 Å². The van der Waals surface area contributed by atoms with Gasteiger partial charge in [0.15, 0.2) is 0 Å². The van der Waals surface area contributed by atoms with Crippen LogP contribution in [0.3, 0.4) is 0 Å². The largest absolute Gasteiger partial charge is 0.464 e. The Balaban J connectivity index is 1.63. The number of rotatable bonds is 4. The predicted octanol–water partition coefficient (Wildman–Crippen LogP) is 3.39. The number of nitrogens with one attached hydrogen (secondary N) is 2. The number of carbonyl (C=O) groups is 1. The van der Waals surface area contributed by atoms with Crippen molar-refractivity contribution in [1.82, 2.24) is 5.32 Å². The fourth-order valence-electron chi connectivity index (χ4n) is 2.40. The lowest BCUT2D eigenvalue weighted by Gasteiger charge is -2.12. The van der Waals surface area contributed by atoms with Crippen molar-refractivity contribution in [1.29, 1.82) is 0 Å². The molecule has 1 aliphatic rings. The number of benzene rings is 1. The third-order valence-corrected chi connectivity index (χ3v) is 3.53. The third kappa shape index (κ3) is 3.46. The molecule has 5 nitrogen and oxygen atoms in total. The van der Waals surface area contributed by atoms with Crippen LogP contribution in [0.15, 0.2) is 41.0 Å². The molecule has 1 saturated heterocycles. The highest BCUT2D eigenvalue weighted by Crippen LogP contribution is 2.25. The summed E-state index contributed by atoms with van der Waals surface area (Å²) in [5.41, 5.74) is 0.805. The van der Waals surface area contributed by atoms with E-state index in [9.17, 15) is 9.18 Å². The number of anilines is 1. The van der Waals surface area contributed by atoms with Crippen LogP contribution < -0.4 is 10.6 Å². The molecule has 0 saturated carbocycles. The normalized spacial score (nSPS) is 17.4. The third-order valence-electron chi connectivity index (χ3n) is 3.53. The van der Waals surface area contributed by atoms with Crippen molar-refractivity contribution < 1.29 is 18.3 Å². The number of urea groups is 1. The molecule has 0 aliphatic carbocycles. The van der Waals surface area contributed by atoms with E-state index in [1.54, 1.807) is 30.5 Å². The fraction of sp³-hybridized carbons (Fsp3) is 0.312. The average molecular weight is 304 g/mol. The van der Waals surface area contributed by atoms with Gasteiger partial charge in [0.1, 0.15) is 11.6 Å². The highest BCUT2D eigenvalue weighted by atomic mass is 19.1. The first-order valence-electron chi connectivity index (χ1n) is 7.22. The maximum atomic E-state index is 13.8. The molecule has 0 unspecified atom stereocenters. The summed E-state index contributed by atoms with van der Waals surface area (Å²) in [5.74, 6) is 0.116. The quantitative estimate of drug-likeness (QED) is 0.910. The molecule has 1 fully saturated rings. The van der Waals surface area contributed by atoms with Crippen LogP contribution in [0.1, 0.15) is 12.8 Å². The number of carbonyl (C=O) groups excluding carboxylic acids is 1. The second-order valence-electron chi connectivity index (χ2n) is 5.14. The van der Waals surface area contributed by atoms with Gasteiger partial charge in [-0.25, -0.2) is 9.18 Å². The minimum Gasteiger partial charge on any atom is -0.464 e. The van der Waals surface area contributed by atoms with Crippen LogP contribution in [0.5, 0.6) is 0 Å². The van der Waals surface area contributed by atoms with Gasteiger partial charge in [-0.2, -0.15) is 0 Å². The molecule has 22 heavy (non-hydrogen) atoms. The van der Waals surface area contributed by atoms with E-state index in [4.69, 9.17) is 9.15 Å². The van der Waals surface area contributed by atoms with Gasteiger partial charge in [0.2, 0.25) is 0 Å². The zero-order valence-electron chi connectivity index (χ0n) is 12.0. The van der Waals surface area contributed by atoms with Crippen molar-refractivity contribution in [3.8, 4) is 11.3 Å². The van der Waals surface area contributed by atoms with Gasteiger partial charge in [0, 0.05) is 18.7 Å². The summed E-state index contributed by atoms with van der Waals surface area (Å²) in [6.07, 6.45) is 3.53. The van der Waals surface area contributed by atoms with Gasteiger partial charge < -0.3 is 19.8 Å². The SMILES string of the molecule is O=C(NC[C@@H]1CCCO1)Nc1cc(-c2ccco2)ccc1F. The average Bonchev–Trinajstić information content (AvgIpc) is 3.21. The number of halogens is 1. The Morgan fingerprint density at radius 3 is 3.00 bits per heavy atom. The Hall–Kier alpha value is -2.34. The van der Waals surface area contributed by atoms with E-state index in [2.05, 4.69) is 10.6 Å². The molecule has 2 amide bonds. The summed E-state index contributed by atoms with van der Waals surface area (Å²) in [5, 5.41) is 5.20. The lowest BCUT2D eigenvalue weighted by atomic mass is 10.1. The number of hydrogen-bond acceptors (Lipinski definition) is 3. The molecule has 2 aromatic rings. The Bertz CT molecular complexity index is 637. The van der Waals surface area contributed by atoms with Crippen LogP contribution in [-0.4, -0.2) is 25.3 Å². The van der Waals surface area contributed by atoms with Crippen molar-refractivity contribution in [2.75, 3.05) is 18.5 Å². The van der Waals surface area contributed by atoms with Gasteiger partial charge in [0.05, 0.1) is 18.1 Å². The van der Waals surface area contributed by atoms with Crippen LogP contribution in [0.4, 0.5) is 14.9 Å². The lowest BCUT2D eigenvalue weighted by molar-refractivity contribution is 0.112. The summed E-state index contributed by atoms with van der Waals surface area (Å²) in [4.78, 5) is 11.9. The minimum absolute atomic E-state index is 0.0463. The van der Waals surface area contributed by atoms with E-state index in [0.717, 1.165) is 19.4 Å². The van der Waals surface area contributed by atoms with E-state index < -0.39 is 11.8 Å². The van der Waals surface area contributed by atoms with Crippen molar-refractivity contribution in [2.24, 2.45) is 0 Å². The lowest BCUT2D eigenvalue weighted by Crippen LogP contribution is -2.35. The smallest absolute Gasteiger partial charge is 0.319 e. The Labute approximate surface area is 127 Å². The topological polar surface area (TPSA) is 63.5 Å². The highest BCUT2D eigenvalue weighted by Gasteiger charge is 2.16. The second-order valence-corrected chi connectivity index (χ2v) is 5.14. The number of hydrogen-bond donors (Lipinski definition) is 2. The first-order chi connectivity index (χ1) is 10.7. The Morgan fingerprint density at radius 2 is 2.27 bits per heavy atom. The molecule has 3 rings (SSSR count). The molecule has 2 N–H and O–H groups in total. The van der Waals surface area contributed by atoms with Crippen LogP contribution in [0.25, 0.3) is 11.3 Å². The number of ether oxygens (including phenoxy) is 1. The van der Waals surface area contributed by atoms with Crippen LogP contribution in [-0.2, 0) is 4.74 Å². The highest BCUT2D eigenvalue weighted by molar-refractivity contribution is 5.90. The fourth-order valence-corrected chi connectivity index (χ4v) is 2.40. The zero-order valence-corrected chi connectivity index (χ0v) is 12.0. The first kappa shape index (κ1) is 14.6. The van der Waals surface area contributed by atoms with E-state index in [1.807, 2.05) is 0 Å². The molecule has 2 heterocycles. The van der Waals surface area contributed by atoms with Crippen LogP contribution >= 0.6 is 0 Å². The summed E-state index contributed by atoms with van der Waals surface area (Å²) in [6, 6.07) is 7.51. The maximum absolute atomic E-state index is 13.8. The Morgan fingerprint density at radius 1 is 1.36 bits per heavy atom. The molecule has 1 aliphatic heterocycles. The van der Waals surface area contributed by atoms with E-state index >= 15 is 0 Å². The van der Waals surface area contributed by atoms with E-state index in [1.165, 1.54) is 6.07 Å². The van der Waals surface area contributed by atoms with Crippen molar-refractivity contribution >= 4 is 11.7 Å². The molecule has 1 atom stereocenters. The molecule has 6 heteroatoms. The number of amides is 2. The monoisotopic (exact) mass is 304 g/mol. The van der Waals surface area contributed by atoms with Gasteiger partial charge in [-0.15, -0.1) is 0 Å². The molecule has 1 aromatic heterocycles. The molecule has 1 aromatic carbocycles. The first-order valence-corrected chi connectivity index (χ1v) is 7.22. The zero-order chi connectivity index (χ0) is 15.4. The molecule has 0 spiro atoms. The predicted molar refractivity (Wildman–Crippen MR) is 80.1 cm³/mol. The molecular weight excluding hydrogens is 287 g/mol. The summed E-state index contributed by atoms with van der Waals surface area (Å²) < 4.78 is 24.5. The number of furan rings is 1. The minimum atomic E-state index is -0.498. The van der Waals surface area contributed by atoms with Crippen molar-refractivity contribution in [3.05, 3.63) is 42.4 Å². The van der Waals surface area contributed by atoms with Crippen LogP contribution in [0, 0.1) is 5.82 Å². The Kier molecular flexibility index (Phi) is 4.39. The van der Waals surface area contributed by atoms with Gasteiger partial charge in [-0.1, -0.05) is 0 Å². The standard InChI is InChI=1S/C16H17FN2O3/c17-13-6-5-11(15-4-2-8-22-15)9-14(13)19-16(20)18-10-12-3-1-7-21-12/h2,4-6,8-9,12H,1,3,7,10H2,(H2,18,19,20)/t12-/m0/s1. The summed E-state index contributed by atoms with van der Waals surface area (Å²) in [7, 11) is 0. The van der Waals surface area contributed by atoms with Crippen molar-refractivity contribution in [2.45, 2.75) is 18.9 Å². The van der Waals surface area contributed by atoms with E-state index in [0.29, 0.717) is 17.9 Å².